The molecule has 0 aliphatic rings. The smallest absolute Gasteiger partial charge is 0.376 e. The predicted octanol–water partition coefficient (Wildman–Crippen LogP) is 5.04. The molecule has 2 unspecified atom stereocenters. The summed E-state index contributed by atoms with van der Waals surface area (Å²) in [4.78, 5) is 0. The van der Waals surface area contributed by atoms with Gasteiger partial charge in [0.2, 0.25) is 0 Å². The SMILES string of the molecule is C=CC(CCC)C(O)(C(=C)CCCC)C(F)(F)OCCCF. The number of halogens is 3. The van der Waals surface area contributed by atoms with Gasteiger partial charge in [0.1, 0.15) is 0 Å². The highest BCUT2D eigenvalue weighted by Crippen LogP contribution is 2.44. The fraction of sp³-hybridized carbons (Fsp3) is 0.765. The molecule has 0 aliphatic carbocycles. The van der Waals surface area contributed by atoms with Crippen LogP contribution in [0.1, 0.15) is 52.4 Å². The third-order valence-corrected chi connectivity index (χ3v) is 3.80. The van der Waals surface area contributed by atoms with Crippen LogP contribution >= 0.6 is 0 Å². The number of alkyl halides is 3. The lowest BCUT2D eigenvalue weighted by atomic mass is 9.76. The van der Waals surface area contributed by atoms with Crippen LogP contribution in [0, 0.1) is 5.92 Å². The van der Waals surface area contributed by atoms with E-state index in [4.69, 9.17) is 0 Å². The number of hydrogen-bond acceptors (Lipinski definition) is 2. The van der Waals surface area contributed by atoms with Crippen LogP contribution in [-0.2, 0) is 4.74 Å². The molecule has 0 fully saturated rings. The molecule has 0 radical (unpaired) electrons. The van der Waals surface area contributed by atoms with Gasteiger partial charge >= 0.3 is 6.11 Å². The zero-order chi connectivity index (χ0) is 17.2. The Morgan fingerprint density at radius 1 is 1.27 bits per heavy atom. The topological polar surface area (TPSA) is 29.5 Å². The molecule has 130 valence electrons. The Kier molecular flexibility index (Phi) is 9.69. The minimum absolute atomic E-state index is 0.0398. The average molecular weight is 322 g/mol. The lowest BCUT2D eigenvalue weighted by Crippen LogP contribution is -2.56. The second-order valence-electron chi connectivity index (χ2n) is 5.51. The number of ether oxygens (including phenoxy) is 1. The highest BCUT2D eigenvalue weighted by Gasteiger charge is 2.58. The molecule has 0 aromatic heterocycles. The highest BCUT2D eigenvalue weighted by molar-refractivity contribution is 5.21. The van der Waals surface area contributed by atoms with E-state index in [-0.39, 0.29) is 18.4 Å². The van der Waals surface area contributed by atoms with Crippen LogP contribution in [0.5, 0.6) is 0 Å². The first kappa shape index (κ1) is 21.2. The Morgan fingerprint density at radius 2 is 1.91 bits per heavy atom. The third-order valence-electron chi connectivity index (χ3n) is 3.80. The summed E-state index contributed by atoms with van der Waals surface area (Å²) in [6.45, 7) is 9.82. The summed E-state index contributed by atoms with van der Waals surface area (Å²) in [5.41, 5.74) is -2.48. The van der Waals surface area contributed by atoms with E-state index in [0.717, 1.165) is 6.42 Å². The Morgan fingerprint density at radius 3 is 2.36 bits per heavy atom. The summed E-state index contributed by atoms with van der Waals surface area (Å²) in [7, 11) is 0. The number of aliphatic hydroxyl groups is 1. The Balaban J connectivity index is 5.45. The molecule has 0 aromatic rings. The molecular weight excluding hydrogens is 293 g/mol. The van der Waals surface area contributed by atoms with Gasteiger partial charge in [-0.15, -0.1) is 6.58 Å². The second-order valence-corrected chi connectivity index (χ2v) is 5.51. The molecule has 1 N–H and O–H groups in total. The molecule has 5 heteroatoms. The molecule has 2 atom stereocenters. The fourth-order valence-electron chi connectivity index (χ4n) is 2.44. The first-order valence-corrected chi connectivity index (χ1v) is 7.92. The van der Waals surface area contributed by atoms with Crippen molar-refractivity contribution < 1.29 is 23.0 Å². The van der Waals surface area contributed by atoms with Crippen LogP contribution in [-0.4, -0.2) is 30.1 Å². The number of unbranched alkanes of at least 4 members (excludes halogenated alkanes) is 1. The minimum atomic E-state index is -3.83. The Hall–Kier alpha value is -0.810. The molecule has 0 amide bonds. The van der Waals surface area contributed by atoms with Crippen LogP contribution in [0.3, 0.4) is 0 Å². The predicted molar refractivity (Wildman–Crippen MR) is 83.7 cm³/mol. The van der Waals surface area contributed by atoms with E-state index in [1.165, 1.54) is 6.08 Å². The van der Waals surface area contributed by atoms with Crippen molar-refractivity contribution in [3.8, 4) is 0 Å². The van der Waals surface area contributed by atoms with Gasteiger partial charge in [-0.3, -0.25) is 4.39 Å². The van der Waals surface area contributed by atoms with Gasteiger partial charge in [-0.05, 0) is 31.3 Å². The summed E-state index contributed by atoms with van der Waals surface area (Å²) < 4.78 is 45.7. The van der Waals surface area contributed by atoms with Crippen LogP contribution in [0.25, 0.3) is 0 Å². The molecule has 0 saturated carbocycles. The molecule has 0 saturated heterocycles. The van der Waals surface area contributed by atoms with Gasteiger partial charge < -0.3 is 9.84 Å². The summed E-state index contributed by atoms with van der Waals surface area (Å²) in [5.74, 6) is -0.873. The first-order valence-electron chi connectivity index (χ1n) is 7.92. The average Bonchev–Trinajstić information content (AvgIpc) is 2.49. The van der Waals surface area contributed by atoms with Gasteiger partial charge in [-0.2, -0.15) is 8.78 Å². The zero-order valence-electron chi connectivity index (χ0n) is 13.7. The van der Waals surface area contributed by atoms with Crippen LogP contribution < -0.4 is 0 Å². The van der Waals surface area contributed by atoms with Gasteiger partial charge in [0.15, 0.2) is 5.60 Å². The van der Waals surface area contributed by atoms with E-state index in [0.29, 0.717) is 19.3 Å². The second kappa shape index (κ2) is 10.1. The standard InChI is InChI=1S/C17H29F3O2/c1-5-8-11-14(4)16(21,15(7-3)10-6-2)17(19,20)22-13-9-12-18/h7,15,21H,3-6,8-13H2,1-2H3. The van der Waals surface area contributed by atoms with E-state index in [9.17, 15) is 18.3 Å². The lowest BCUT2D eigenvalue weighted by molar-refractivity contribution is -0.329. The molecule has 0 heterocycles. The quantitative estimate of drug-likeness (QED) is 0.380. The Labute approximate surface area is 132 Å². The van der Waals surface area contributed by atoms with Crippen molar-refractivity contribution in [3.63, 3.8) is 0 Å². The van der Waals surface area contributed by atoms with Crippen molar-refractivity contribution in [2.75, 3.05) is 13.3 Å². The molecule has 0 aliphatic heterocycles. The van der Waals surface area contributed by atoms with Crippen molar-refractivity contribution >= 4 is 0 Å². The fourth-order valence-corrected chi connectivity index (χ4v) is 2.44. The lowest BCUT2D eigenvalue weighted by Gasteiger charge is -2.41. The van der Waals surface area contributed by atoms with Gasteiger partial charge in [0, 0.05) is 5.92 Å². The van der Waals surface area contributed by atoms with E-state index in [1.807, 2.05) is 13.8 Å². The van der Waals surface area contributed by atoms with Crippen LogP contribution in [0.4, 0.5) is 13.2 Å². The molecule has 0 bridgehead atoms. The summed E-state index contributed by atoms with van der Waals surface area (Å²) in [6.07, 6.45) is 0.0399. The van der Waals surface area contributed by atoms with Crippen LogP contribution in [0.2, 0.25) is 0 Å². The summed E-state index contributed by atoms with van der Waals surface area (Å²) in [6, 6.07) is 0. The monoisotopic (exact) mass is 322 g/mol. The molecule has 0 spiro atoms. The van der Waals surface area contributed by atoms with Crippen molar-refractivity contribution in [1.82, 2.24) is 0 Å². The number of hydrogen-bond donors (Lipinski definition) is 1. The van der Waals surface area contributed by atoms with E-state index < -0.39 is 30.9 Å². The molecular formula is C17H29F3O2. The maximum absolute atomic E-state index is 14.5. The van der Waals surface area contributed by atoms with Gasteiger partial charge in [0.05, 0.1) is 13.3 Å². The molecule has 22 heavy (non-hydrogen) atoms. The first-order chi connectivity index (χ1) is 10.3. The van der Waals surface area contributed by atoms with Crippen molar-refractivity contribution in [2.24, 2.45) is 5.92 Å². The van der Waals surface area contributed by atoms with Crippen molar-refractivity contribution in [1.29, 1.82) is 0 Å². The van der Waals surface area contributed by atoms with Gasteiger partial charge in [-0.25, -0.2) is 0 Å². The largest absolute Gasteiger partial charge is 0.388 e. The van der Waals surface area contributed by atoms with E-state index in [2.05, 4.69) is 17.9 Å². The van der Waals surface area contributed by atoms with Crippen LogP contribution in [0.15, 0.2) is 24.8 Å². The maximum Gasteiger partial charge on any atom is 0.388 e. The molecule has 0 rings (SSSR count). The zero-order valence-corrected chi connectivity index (χ0v) is 13.7. The third kappa shape index (κ3) is 5.13. The van der Waals surface area contributed by atoms with Gasteiger partial charge in [0.25, 0.3) is 0 Å². The maximum atomic E-state index is 14.5. The Bertz CT molecular complexity index is 345. The van der Waals surface area contributed by atoms with Crippen molar-refractivity contribution in [3.05, 3.63) is 24.8 Å². The van der Waals surface area contributed by atoms with Crippen molar-refractivity contribution in [2.45, 2.75) is 64.1 Å². The number of rotatable bonds is 13. The van der Waals surface area contributed by atoms with Gasteiger partial charge in [-0.1, -0.05) is 39.3 Å². The summed E-state index contributed by atoms with van der Waals surface area (Å²) in [5, 5.41) is 10.8. The normalized spacial score (nSPS) is 16.1. The molecule has 2 nitrogen and oxygen atoms in total. The minimum Gasteiger partial charge on any atom is -0.376 e. The molecule has 0 aromatic carbocycles. The highest BCUT2D eigenvalue weighted by atomic mass is 19.3. The van der Waals surface area contributed by atoms with E-state index in [1.54, 1.807) is 0 Å². The summed E-state index contributed by atoms with van der Waals surface area (Å²) >= 11 is 0. The van der Waals surface area contributed by atoms with E-state index >= 15 is 0 Å².